The maximum absolute atomic E-state index is 12.9. The van der Waals surface area contributed by atoms with Gasteiger partial charge in [-0.1, -0.05) is 30.0 Å². The number of carbonyl (C=O) groups excluding carboxylic acids is 1. The van der Waals surface area contributed by atoms with E-state index in [1.165, 1.54) is 0 Å². The molecule has 2 aliphatic rings. The van der Waals surface area contributed by atoms with Gasteiger partial charge in [0.25, 0.3) is 10.1 Å². The largest absolute Gasteiger partial charge is 0.422 e. The highest BCUT2D eigenvalue weighted by molar-refractivity contribution is 7.85. The van der Waals surface area contributed by atoms with E-state index < -0.39 is 15.7 Å². The zero-order valence-electron chi connectivity index (χ0n) is 21.8. The Morgan fingerprint density at radius 1 is 1.13 bits per heavy atom. The molecule has 0 fully saturated rings. The van der Waals surface area contributed by atoms with Crippen molar-refractivity contribution in [3.05, 3.63) is 75.7 Å². The Morgan fingerprint density at radius 3 is 2.72 bits per heavy atom. The fourth-order valence-electron chi connectivity index (χ4n) is 5.16. The van der Waals surface area contributed by atoms with Crippen molar-refractivity contribution in [2.24, 2.45) is 0 Å². The van der Waals surface area contributed by atoms with Gasteiger partial charge in [-0.15, -0.1) is 0 Å². The van der Waals surface area contributed by atoms with Crippen LogP contribution in [0.2, 0.25) is 0 Å². The molecule has 0 radical (unpaired) electrons. The second-order valence-corrected chi connectivity index (χ2v) is 11.9. The molecule has 3 aromatic rings. The van der Waals surface area contributed by atoms with E-state index in [2.05, 4.69) is 41.6 Å². The number of benzene rings is 2. The van der Waals surface area contributed by atoms with Crippen molar-refractivity contribution in [3.8, 4) is 11.8 Å². The van der Waals surface area contributed by atoms with Gasteiger partial charge in [-0.25, -0.2) is 4.79 Å². The molecule has 0 spiro atoms. The summed E-state index contributed by atoms with van der Waals surface area (Å²) < 4.78 is 39.2. The Morgan fingerprint density at radius 2 is 1.92 bits per heavy atom. The highest BCUT2D eigenvalue weighted by atomic mass is 32.2. The molecule has 5 rings (SSSR count). The summed E-state index contributed by atoms with van der Waals surface area (Å²) in [6.07, 6.45) is 5.31. The van der Waals surface area contributed by atoms with Crippen molar-refractivity contribution >= 4 is 50.2 Å². The number of amides is 1. The van der Waals surface area contributed by atoms with Crippen molar-refractivity contribution in [2.45, 2.75) is 44.9 Å². The van der Waals surface area contributed by atoms with E-state index in [9.17, 15) is 18.0 Å². The molecule has 1 aromatic heterocycles. The number of carbonyl (C=O) groups is 1. The van der Waals surface area contributed by atoms with Crippen LogP contribution in [0.3, 0.4) is 0 Å². The minimum Gasteiger partial charge on any atom is -0.422 e. The molecule has 0 saturated carbocycles. The van der Waals surface area contributed by atoms with Gasteiger partial charge in [0.05, 0.1) is 28.0 Å². The standard InChI is InChI=1S/C30H28N2O6S/c1-30(2)23-10-4-5-11-25(23)32(15-7-8-16-39(35,36)37)27(30)14-13-21-17-22-18-24-20(19-26(22)38-29(21)34)9-3-6-12-28(33)31-24/h4-5,10-11,13-14,17-19H,6-8,12,15-16H2,1-2H3,(H-,31,33,35,36,37)/p+1. The van der Waals surface area contributed by atoms with E-state index in [1.54, 1.807) is 24.3 Å². The van der Waals surface area contributed by atoms with Crippen molar-refractivity contribution in [1.29, 1.82) is 0 Å². The van der Waals surface area contributed by atoms with Crippen LogP contribution >= 0.6 is 0 Å². The van der Waals surface area contributed by atoms with Crippen LogP contribution in [0.25, 0.3) is 17.0 Å². The van der Waals surface area contributed by atoms with Gasteiger partial charge in [-0.05, 0) is 44.5 Å². The number of hydrogen-bond acceptors (Lipinski definition) is 5. The zero-order valence-corrected chi connectivity index (χ0v) is 22.6. The minimum absolute atomic E-state index is 0.113. The molecule has 8 nitrogen and oxygen atoms in total. The lowest BCUT2D eigenvalue weighted by atomic mass is 9.81. The third-order valence-corrected chi connectivity index (χ3v) is 7.93. The van der Waals surface area contributed by atoms with Crippen LogP contribution in [0.4, 0.5) is 11.4 Å². The summed E-state index contributed by atoms with van der Waals surface area (Å²) in [5.74, 6) is 5.60. The van der Waals surface area contributed by atoms with Crippen LogP contribution < -0.4 is 10.9 Å². The van der Waals surface area contributed by atoms with Gasteiger partial charge in [-0.2, -0.15) is 13.0 Å². The summed E-state index contributed by atoms with van der Waals surface area (Å²) in [6, 6.07) is 13.2. The lowest BCUT2D eigenvalue weighted by molar-refractivity contribution is -0.438. The van der Waals surface area contributed by atoms with Gasteiger partial charge in [0.1, 0.15) is 12.1 Å². The van der Waals surface area contributed by atoms with Gasteiger partial charge < -0.3 is 9.73 Å². The first kappa shape index (κ1) is 26.6. The monoisotopic (exact) mass is 545 g/mol. The molecule has 9 heteroatoms. The molecular formula is C30H29N2O6S+. The molecule has 0 saturated heterocycles. The quantitative estimate of drug-likeness (QED) is 0.147. The smallest absolute Gasteiger partial charge is 0.343 e. The topological polar surface area (TPSA) is 117 Å². The average molecular weight is 546 g/mol. The number of nitrogens with one attached hydrogen (secondary N) is 1. The summed E-state index contributed by atoms with van der Waals surface area (Å²) in [5, 5.41) is 3.55. The Bertz CT molecular complexity index is 1790. The molecule has 0 bridgehead atoms. The summed E-state index contributed by atoms with van der Waals surface area (Å²) in [6.45, 7) is 4.76. The van der Waals surface area contributed by atoms with Crippen molar-refractivity contribution < 1.29 is 26.8 Å². The Labute approximate surface area is 226 Å². The molecule has 1 amide bonds. The van der Waals surface area contributed by atoms with Crippen LogP contribution in [-0.4, -0.2) is 41.5 Å². The SMILES string of the molecule is CC1(C)C(C=Cc2cc3cc4c(cc3oc2=O)C#CCCC(=O)N4)=[N+](CCCCS(=O)(=O)O)c2ccccc21. The summed E-state index contributed by atoms with van der Waals surface area (Å²) in [5.41, 5.74) is 4.18. The second-order valence-electron chi connectivity index (χ2n) is 10.3. The average Bonchev–Trinajstić information content (AvgIpc) is 3.08. The molecular weight excluding hydrogens is 516 g/mol. The van der Waals surface area contributed by atoms with Crippen LogP contribution in [0.5, 0.6) is 0 Å². The summed E-state index contributed by atoms with van der Waals surface area (Å²) in [4.78, 5) is 25.0. The second kappa shape index (κ2) is 10.3. The van der Waals surface area contributed by atoms with Crippen LogP contribution in [-0.2, 0) is 20.3 Å². The van der Waals surface area contributed by atoms with Crippen LogP contribution in [0.1, 0.15) is 56.2 Å². The van der Waals surface area contributed by atoms with E-state index in [1.807, 2.05) is 24.3 Å². The lowest BCUT2D eigenvalue weighted by Crippen LogP contribution is -2.28. The van der Waals surface area contributed by atoms with Crippen LogP contribution in [0.15, 0.2) is 57.8 Å². The number of rotatable bonds is 7. The summed E-state index contributed by atoms with van der Waals surface area (Å²) >= 11 is 0. The highest BCUT2D eigenvalue weighted by Gasteiger charge is 2.43. The van der Waals surface area contributed by atoms with Gasteiger partial charge in [-0.3, -0.25) is 9.35 Å². The molecule has 200 valence electrons. The van der Waals surface area contributed by atoms with Crippen molar-refractivity contribution in [2.75, 3.05) is 17.6 Å². The number of anilines is 1. The third kappa shape index (κ3) is 5.58. The predicted octanol–water partition coefficient (Wildman–Crippen LogP) is 4.63. The normalized spacial score (nSPS) is 16.3. The van der Waals surface area contributed by atoms with Gasteiger partial charge in [0.15, 0.2) is 5.71 Å². The number of para-hydroxylation sites is 1. The van der Waals surface area contributed by atoms with Crippen molar-refractivity contribution in [1.82, 2.24) is 0 Å². The molecule has 3 heterocycles. The maximum atomic E-state index is 12.9. The first-order chi connectivity index (χ1) is 18.5. The molecule has 0 aliphatic carbocycles. The summed E-state index contributed by atoms with van der Waals surface area (Å²) in [7, 11) is -4.01. The molecule has 2 N–H and O–H groups in total. The first-order valence-corrected chi connectivity index (χ1v) is 14.4. The van der Waals surface area contributed by atoms with E-state index in [0.717, 1.165) is 17.0 Å². The molecule has 0 unspecified atom stereocenters. The predicted molar refractivity (Wildman–Crippen MR) is 151 cm³/mol. The van der Waals surface area contributed by atoms with E-state index >= 15 is 0 Å². The third-order valence-electron chi connectivity index (χ3n) is 7.13. The van der Waals surface area contributed by atoms with Crippen LogP contribution in [0, 0.1) is 11.8 Å². The van der Waals surface area contributed by atoms with Crippen molar-refractivity contribution in [3.63, 3.8) is 0 Å². The van der Waals surface area contributed by atoms with Gasteiger partial charge in [0.2, 0.25) is 11.6 Å². The van der Waals surface area contributed by atoms with E-state index in [-0.39, 0.29) is 17.1 Å². The van der Waals surface area contributed by atoms with E-state index in [4.69, 9.17) is 8.97 Å². The Balaban J connectivity index is 1.52. The molecule has 2 aromatic carbocycles. The molecule has 39 heavy (non-hydrogen) atoms. The van der Waals surface area contributed by atoms with Gasteiger partial charge in [0, 0.05) is 42.4 Å². The minimum atomic E-state index is -4.01. The maximum Gasteiger partial charge on any atom is 0.343 e. The highest BCUT2D eigenvalue weighted by Crippen LogP contribution is 2.40. The number of unbranched alkanes of at least 4 members (excludes halogenated alkanes) is 1. The number of hydrogen-bond donors (Lipinski definition) is 2. The lowest BCUT2D eigenvalue weighted by Gasteiger charge is -2.15. The van der Waals surface area contributed by atoms with Gasteiger partial charge >= 0.3 is 5.63 Å². The number of fused-ring (bicyclic) bond motifs is 3. The zero-order chi connectivity index (χ0) is 27.8. The fourth-order valence-corrected chi connectivity index (χ4v) is 5.73. The Hall–Kier alpha value is -4.00. The number of allylic oxidation sites excluding steroid dienone is 1. The number of nitrogens with zero attached hydrogens (tertiary/aromatic N) is 1. The van der Waals surface area contributed by atoms with E-state index in [0.29, 0.717) is 60.0 Å². The Kier molecular flexibility index (Phi) is 7.02. The first-order valence-electron chi connectivity index (χ1n) is 12.8. The fraction of sp³-hybridized carbons (Fsp3) is 0.300. The molecule has 2 aliphatic heterocycles. The molecule has 0 atom stereocenters.